The van der Waals surface area contributed by atoms with E-state index in [4.69, 9.17) is 21.4 Å². The van der Waals surface area contributed by atoms with Crippen LogP contribution in [0, 0.1) is 0 Å². The standard InChI is InChI=1S/C26H25ClF3NO3.ClH/c27-25-21(10-5-12-23(25)26(28,29)30)18-31(17-19-7-2-1-3-8-19)13-6-14-34-22-11-4-9-20(15-22)16-24(32)33;/h1-5,7-12,15H,6,13-14,16-18H2,(H,32,33);1H. The lowest BCUT2D eigenvalue weighted by Crippen LogP contribution is -2.25. The van der Waals surface area contributed by atoms with Crippen LogP contribution in [0.5, 0.6) is 5.75 Å². The monoisotopic (exact) mass is 527 g/mol. The molecule has 0 aliphatic rings. The van der Waals surface area contributed by atoms with Crippen LogP contribution in [0.25, 0.3) is 0 Å². The number of alkyl halides is 3. The van der Waals surface area contributed by atoms with E-state index >= 15 is 0 Å². The van der Waals surface area contributed by atoms with Gasteiger partial charge in [0.2, 0.25) is 0 Å². The highest BCUT2D eigenvalue weighted by Crippen LogP contribution is 2.36. The average Bonchev–Trinajstić information content (AvgIpc) is 2.78. The van der Waals surface area contributed by atoms with Crippen LogP contribution in [0.1, 0.15) is 28.7 Å². The van der Waals surface area contributed by atoms with E-state index in [-0.39, 0.29) is 30.4 Å². The molecule has 0 amide bonds. The van der Waals surface area contributed by atoms with Crippen LogP contribution in [-0.4, -0.2) is 29.1 Å². The lowest BCUT2D eigenvalue weighted by molar-refractivity contribution is -0.138. The molecule has 0 saturated heterocycles. The Kier molecular flexibility index (Phi) is 10.9. The van der Waals surface area contributed by atoms with E-state index < -0.39 is 17.7 Å². The van der Waals surface area contributed by atoms with Gasteiger partial charge in [-0.3, -0.25) is 9.69 Å². The van der Waals surface area contributed by atoms with Gasteiger partial charge in [-0.05, 0) is 41.3 Å². The highest BCUT2D eigenvalue weighted by molar-refractivity contribution is 6.32. The molecule has 0 radical (unpaired) electrons. The zero-order valence-corrected chi connectivity index (χ0v) is 20.4. The minimum Gasteiger partial charge on any atom is -0.494 e. The number of hydrogen-bond acceptors (Lipinski definition) is 3. The maximum atomic E-state index is 13.3. The van der Waals surface area contributed by atoms with Crippen molar-refractivity contribution in [3.05, 3.63) is 100 Å². The third-order valence-corrected chi connectivity index (χ3v) is 5.61. The van der Waals surface area contributed by atoms with Crippen LogP contribution in [0.2, 0.25) is 5.02 Å². The summed E-state index contributed by atoms with van der Waals surface area (Å²) in [6.45, 7) is 1.74. The predicted molar refractivity (Wildman–Crippen MR) is 132 cm³/mol. The molecular formula is C26H26Cl2F3NO3. The second kappa shape index (κ2) is 13.4. The second-order valence-corrected chi connectivity index (χ2v) is 8.27. The molecule has 0 heterocycles. The van der Waals surface area contributed by atoms with Crippen molar-refractivity contribution in [2.24, 2.45) is 0 Å². The molecule has 188 valence electrons. The van der Waals surface area contributed by atoms with Crippen LogP contribution in [-0.2, 0) is 30.5 Å². The smallest absolute Gasteiger partial charge is 0.417 e. The van der Waals surface area contributed by atoms with Gasteiger partial charge < -0.3 is 9.84 Å². The normalized spacial score (nSPS) is 11.2. The molecule has 0 saturated carbocycles. The van der Waals surface area contributed by atoms with Gasteiger partial charge in [0, 0.05) is 19.6 Å². The van der Waals surface area contributed by atoms with Crippen molar-refractivity contribution in [3.8, 4) is 5.75 Å². The molecule has 0 fully saturated rings. The van der Waals surface area contributed by atoms with Crippen molar-refractivity contribution < 1.29 is 27.8 Å². The molecule has 0 unspecified atom stereocenters. The Hall–Kier alpha value is -2.74. The quantitative estimate of drug-likeness (QED) is 0.276. The molecule has 0 bridgehead atoms. The maximum Gasteiger partial charge on any atom is 0.417 e. The number of nitrogens with zero attached hydrogens (tertiary/aromatic N) is 1. The molecule has 4 nitrogen and oxygen atoms in total. The molecule has 3 rings (SSSR count). The molecule has 0 atom stereocenters. The summed E-state index contributed by atoms with van der Waals surface area (Å²) in [5.74, 6) is -0.337. The van der Waals surface area contributed by atoms with Gasteiger partial charge in [0.15, 0.2) is 0 Å². The Morgan fingerprint density at radius 1 is 0.943 bits per heavy atom. The number of halogens is 5. The van der Waals surface area contributed by atoms with E-state index in [2.05, 4.69) is 0 Å². The van der Waals surface area contributed by atoms with Gasteiger partial charge in [0.25, 0.3) is 0 Å². The van der Waals surface area contributed by atoms with E-state index in [0.29, 0.717) is 43.0 Å². The topological polar surface area (TPSA) is 49.8 Å². The van der Waals surface area contributed by atoms with Crippen molar-refractivity contribution in [1.82, 2.24) is 4.90 Å². The summed E-state index contributed by atoms with van der Waals surface area (Å²) in [6.07, 6.45) is -3.98. The van der Waals surface area contributed by atoms with Crippen molar-refractivity contribution in [3.63, 3.8) is 0 Å². The SMILES string of the molecule is Cl.O=C(O)Cc1cccc(OCCCN(Cc2ccccc2)Cc2cccc(C(F)(F)F)c2Cl)c1. The van der Waals surface area contributed by atoms with Gasteiger partial charge in [-0.15, -0.1) is 12.4 Å². The van der Waals surface area contributed by atoms with E-state index in [1.807, 2.05) is 35.2 Å². The second-order valence-electron chi connectivity index (χ2n) is 7.89. The zero-order chi connectivity index (χ0) is 24.6. The van der Waals surface area contributed by atoms with Gasteiger partial charge in [0.05, 0.1) is 23.6 Å². The van der Waals surface area contributed by atoms with Crippen LogP contribution >= 0.6 is 24.0 Å². The molecule has 3 aromatic rings. The highest BCUT2D eigenvalue weighted by atomic mass is 35.5. The van der Waals surface area contributed by atoms with Gasteiger partial charge >= 0.3 is 12.1 Å². The molecule has 0 aromatic heterocycles. The maximum absolute atomic E-state index is 13.3. The fourth-order valence-electron chi connectivity index (χ4n) is 3.62. The number of carboxylic acids is 1. The minimum absolute atomic E-state index is 0. The number of rotatable bonds is 11. The largest absolute Gasteiger partial charge is 0.494 e. The first kappa shape index (κ1) is 28.5. The molecule has 0 aliphatic heterocycles. The van der Waals surface area contributed by atoms with Crippen LogP contribution in [0.15, 0.2) is 72.8 Å². The number of aliphatic carboxylic acids is 1. The third-order valence-electron chi connectivity index (χ3n) is 5.17. The first-order valence-corrected chi connectivity index (χ1v) is 11.1. The number of hydrogen-bond donors (Lipinski definition) is 1. The third kappa shape index (κ3) is 9.09. The summed E-state index contributed by atoms with van der Waals surface area (Å²) in [7, 11) is 0. The minimum atomic E-state index is -4.51. The number of carbonyl (C=O) groups is 1. The average molecular weight is 528 g/mol. The Bertz CT molecular complexity index is 1090. The number of benzene rings is 3. The highest BCUT2D eigenvalue weighted by Gasteiger charge is 2.33. The van der Waals surface area contributed by atoms with Crippen molar-refractivity contribution in [2.45, 2.75) is 32.1 Å². The molecule has 1 N–H and O–H groups in total. The van der Waals surface area contributed by atoms with E-state index in [0.717, 1.165) is 11.6 Å². The van der Waals surface area contributed by atoms with Crippen molar-refractivity contribution >= 4 is 30.0 Å². The lowest BCUT2D eigenvalue weighted by Gasteiger charge is -2.24. The van der Waals surface area contributed by atoms with Gasteiger partial charge in [-0.25, -0.2) is 0 Å². The van der Waals surface area contributed by atoms with Crippen molar-refractivity contribution in [1.29, 1.82) is 0 Å². The van der Waals surface area contributed by atoms with E-state index in [9.17, 15) is 18.0 Å². The van der Waals surface area contributed by atoms with Crippen molar-refractivity contribution in [2.75, 3.05) is 13.2 Å². The summed E-state index contributed by atoms with van der Waals surface area (Å²) in [6, 6.07) is 20.5. The summed E-state index contributed by atoms with van der Waals surface area (Å²) >= 11 is 6.12. The number of ether oxygens (including phenoxy) is 1. The molecule has 0 aliphatic carbocycles. The fraction of sp³-hybridized carbons (Fsp3) is 0.269. The zero-order valence-electron chi connectivity index (χ0n) is 18.8. The molecule has 9 heteroatoms. The van der Waals surface area contributed by atoms with E-state index in [1.54, 1.807) is 30.3 Å². The van der Waals surface area contributed by atoms with Crippen LogP contribution in [0.4, 0.5) is 13.2 Å². The lowest BCUT2D eigenvalue weighted by atomic mass is 10.1. The van der Waals surface area contributed by atoms with Crippen LogP contribution < -0.4 is 4.74 Å². The van der Waals surface area contributed by atoms with Gasteiger partial charge in [-0.2, -0.15) is 13.2 Å². The van der Waals surface area contributed by atoms with Gasteiger partial charge in [-0.1, -0.05) is 66.2 Å². The first-order chi connectivity index (χ1) is 16.2. The first-order valence-electron chi connectivity index (χ1n) is 10.8. The Morgan fingerprint density at radius 2 is 1.63 bits per heavy atom. The summed E-state index contributed by atoms with van der Waals surface area (Å²) in [5, 5.41) is 8.66. The summed E-state index contributed by atoms with van der Waals surface area (Å²) in [4.78, 5) is 12.9. The van der Waals surface area contributed by atoms with Gasteiger partial charge in [0.1, 0.15) is 5.75 Å². The predicted octanol–water partition coefficient (Wildman–Crippen LogP) is 6.88. The molecule has 3 aromatic carbocycles. The summed E-state index contributed by atoms with van der Waals surface area (Å²) < 4.78 is 45.6. The Balaban J connectivity index is 0.00000432. The van der Waals surface area contributed by atoms with E-state index in [1.165, 1.54) is 6.07 Å². The molecule has 0 spiro atoms. The fourth-order valence-corrected chi connectivity index (χ4v) is 3.91. The Morgan fingerprint density at radius 3 is 2.31 bits per heavy atom. The Labute approximate surface area is 213 Å². The number of carboxylic acid groups (broad SMARTS) is 1. The van der Waals surface area contributed by atoms with Crippen LogP contribution in [0.3, 0.4) is 0 Å². The molecular weight excluding hydrogens is 502 g/mol. The molecule has 35 heavy (non-hydrogen) atoms. The summed E-state index contributed by atoms with van der Waals surface area (Å²) in [5.41, 5.74) is 1.26.